The largest absolute Gasteiger partial charge is 0.428 e. The van der Waals surface area contributed by atoms with Gasteiger partial charge in [0.15, 0.2) is 0 Å². The van der Waals surface area contributed by atoms with Crippen molar-refractivity contribution in [2.75, 3.05) is 6.61 Å². The van der Waals surface area contributed by atoms with Crippen LogP contribution in [-0.2, 0) is 4.43 Å². The molecule has 0 saturated carbocycles. The lowest BCUT2D eigenvalue weighted by Crippen LogP contribution is -2.24. The van der Waals surface area contributed by atoms with Gasteiger partial charge >= 0.3 is 0 Å². The summed E-state index contributed by atoms with van der Waals surface area (Å²) in [5.41, 5.74) is 0. The molecule has 0 fully saturated rings. The number of hydrogen-bond acceptors (Lipinski definition) is 1. The van der Waals surface area contributed by atoms with Crippen molar-refractivity contribution in [2.24, 2.45) is 17.8 Å². The van der Waals surface area contributed by atoms with Gasteiger partial charge in [-0.2, -0.15) is 0 Å². The fourth-order valence-electron chi connectivity index (χ4n) is 1.69. The topological polar surface area (TPSA) is 9.23 Å². The zero-order valence-electron chi connectivity index (χ0n) is 9.26. The maximum absolute atomic E-state index is 5.39. The molecular weight excluding hydrogens is 164 g/mol. The Morgan fingerprint density at radius 3 is 1.75 bits per heavy atom. The molecule has 2 unspecified atom stereocenters. The summed E-state index contributed by atoms with van der Waals surface area (Å²) in [6.07, 6.45) is 2.56. The Labute approximate surface area is 80.4 Å². The van der Waals surface area contributed by atoms with Crippen LogP contribution in [0, 0.1) is 17.8 Å². The second kappa shape index (κ2) is 6.67. The van der Waals surface area contributed by atoms with E-state index in [2.05, 4.69) is 27.7 Å². The minimum absolute atomic E-state index is 0.775. The summed E-state index contributed by atoms with van der Waals surface area (Å²) in [6, 6.07) is 0. The smallest absolute Gasteiger partial charge is 0.145 e. The van der Waals surface area contributed by atoms with Gasteiger partial charge in [-0.15, -0.1) is 0 Å². The van der Waals surface area contributed by atoms with E-state index in [4.69, 9.17) is 4.43 Å². The SMILES string of the molecule is CCC(C)C(CO[SiH3])C(C)CC. The molecule has 0 aromatic carbocycles. The molecule has 1 nitrogen and oxygen atoms in total. The Morgan fingerprint density at radius 2 is 1.50 bits per heavy atom. The first-order valence-corrected chi connectivity index (χ1v) is 5.97. The number of hydrogen-bond donors (Lipinski definition) is 0. The van der Waals surface area contributed by atoms with Crippen LogP contribution in [0.15, 0.2) is 0 Å². The molecule has 0 aromatic rings. The molecule has 0 saturated heterocycles. The van der Waals surface area contributed by atoms with Gasteiger partial charge in [0.25, 0.3) is 0 Å². The molecule has 0 rings (SSSR count). The highest BCUT2D eigenvalue weighted by Gasteiger charge is 2.20. The first kappa shape index (κ1) is 12.2. The third kappa shape index (κ3) is 3.72. The Bertz CT molecular complexity index is 96.0. The molecule has 0 aliphatic heterocycles. The molecule has 2 atom stereocenters. The molecule has 0 bridgehead atoms. The molecule has 0 spiro atoms. The van der Waals surface area contributed by atoms with E-state index in [0.29, 0.717) is 0 Å². The Balaban J connectivity index is 4.01. The summed E-state index contributed by atoms with van der Waals surface area (Å²) in [6.45, 7) is 10.2. The van der Waals surface area contributed by atoms with Crippen molar-refractivity contribution >= 4 is 10.5 Å². The van der Waals surface area contributed by atoms with Crippen molar-refractivity contribution in [1.82, 2.24) is 0 Å². The average Bonchev–Trinajstić information content (AvgIpc) is 2.11. The molecule has 0 N–H and O–H groups in total. The maximum Gasteiger partial charge on any atom is 0.145 e. The first-order valence-electron chi connectivity index (χ1n) is 5.16. The van der Waals surface area contributed by atoms with E-state index < -0.39 is 0 Å². The lowest BCUT2D eigenvalue weighted by Gasteiger charge is -2.27. The van der Waals surface area contributed by atoms with E-state index in [9.17, 15) is 0 Å². The zero-order chi connectivity index (χ0) is 9.56. The van der Waals surface area contributed by atoms with Crippen LogP contribution in [0.1, 0.15) is 40.5 Å². The second-order valence-electron chi connectivity index (χ2n) is 3.89. The number of rotatable bonds is 6. The minimum Gasteiger partial charge on any atom is -0.428 e. The molecule has 2 heteroatoms. The Morgan fingerprint density at radius 1 is 1.08 bits per heavy atom. The van der Waals surface area contributed by atoms with Gasteiger partial charge < -0.3 is 4.43 Å². The highest BCUT2D eigenvalue weighted by atomic mass is 28.2. The van der Waals surface area contributed by atoms with Gasteiger partial charge in [0, 0.05) is 6.61 Å². The maximum atomic E-state index is 5.39. The highest BCUT2D eigenvalue weighted by Crippen LogP contribution is 2.25. The van der Waals surface area contributed by atoms with Crippen LogP contribution in [0.5, 0.6) is 0 Å². The molecule has 0 amide bonds. The summed E-state index contributed by atoms with van der Waals surface area (Å²) in [5, 5.41) is 0. The van der Waals surface area contributed by atoms with Gasteiger partial charge in [0.05, 0.1) is 0 Å². The van der Waals surface area contributed by atoms with Crippen LogP contribution < -0.4 is 0 Å². The van der Waals surface area contributed by atoms with Crippen molar-refractivity contribution in [3.05, 3.63) is 0 Å². The summed E-state index contributed by atoms with van der Waals surface area (Å²) >= 11 is 0. The lowest BCUT2D eigenvalue weighted by atomic mass is 9.81. The Hall–Kier alpha value is 0.177. The van der Waals surface area contributed by atoms with E-state index >= 15 is 0 Å². The average molecular weight is 188 g/mol. The van der Waals surface area contributed by atoms with Crippen LogP contribution in [0.2, 0.25) is 0 Å². The summed E-state index contributed by atoms with van der Waals surface area (Å²) < 4.78 is 5.39. The molecule has 0 aliphatic rings. The van der Waals surface area contributed by atoms with Gasteiger partial charge in [-0.1, -0.05) is 40.5 Å². The standard InChI is InChI=1S/C10H24OSi/c1-5-8(3)10(7-11-12)9(4)6-2/h8-10H,5-7H2,1-4,12H3. The second-order valence-corrected chi connectivity index (χ2v) is 4.47. The monoisotopic (exact) mass is 188 g/mol. The fraction of sp³-hybridized carbons (Fsp3) is 1.00. The van der Waals surface area contributed by atoms with Gasteiger partial charge in [0.1, 0.15) is 10.5 Å². The van der Waals surface area contributed by atoms with Crippen molar-refractivity contribution in [3.63, 3.8) is 0 Å². The van der Waals surface area contributed by atoms with E-state index in [-0.39, 0.29) is 0 Å². The summed E-state index contributed by atoms with van der Waals surface area (Å²) in [5.74, 6) is 2.40. The van der Waals surface area contributed by atoms with E-state index in [0.717, 1.165) is 34.8 Å². The van der Waals surface area contributed by atoms with E-state index in [1.54, 1.807) is 0 Å². The molecule has 0 heterocycles. The van der Waals surface area contributed by atoms with Gasteiger partial charge in [-0.25, -0.2) is 0 Å². The van der Waals surface area contributed by atoms with Crippen molar-refractivity contribution in [2.45, 2.75) is 40.5 Å². The quantitative estimate of drug-likeness (QED) is 0.579. The highest BCUT2D eigenvalue weighted by molar-refractivity contribution is 5.97. The van der Waals surface area contributed by atoms with Crippen LogP contribution in [0.4, 0.5) is 0 Å². The normalized spacial score (nSPS) is 19.0. The summed E-state index contributed by atoms with van der Waals surface area (Å²) in [7, 11) is 0.884. The summed E-state index contributed by atoms with van der Waals surface area (Å²) in [4.78, 5) is 0. The molecule has 0 aromatic heterocycles. The predicted octanol–water partition coefficient (Wildman–Crippen LogP) is 1.99. The van der Waals surface area contributed by atoms with Gasteiger partial charge in [-0.05, 0) is 17.8 Å². The van der Waals surface area contributed by atoms with Gasteiger partial charge in [0.2, 0.25) is 0 Å². The third-order valence-electron chi connectivity index (χ3n) is 3.11. The molecule has 0 aliphatic carbocycles. The Kier molecular flexibility index (Phi) is 6.77. The fourth-order valence-corrected chi connectivity index (χ4v) is 2.07. The van der Waals surface area contributed by atoms with E-state index in [1.807, 2.05) is 0 Å². The van der Waals surface area contributed by atoms with Crippen molar-refractivity contribution in [3.8, 4) is 0 Å². The predicted molar refractivity (Wildman–Crippen MR) is 58.3 cm³/mol. The van der Waals surface area contributed by atoms with Gasteiger partial charge in [-0.3, -0.25) is 0 Å². The minimum atomic E-state index is 0.775. The van der Waals surface area contributed by atoms with Crippen LogP contribution in [-0.4, -0.2) is 17.1 Å². The lowest BCUT2D eigenvalue weighted by molar-refractivity contribution is 0.153. The van der Waals surface area contributed by atoms with Crippen LogP contribution in [0.25, 0.3) is 0 Å². The molecule has 74 valence electrons. The molecule has 0 radical (unpaired) electrons. The third-order valence-corrected chi connectivity index (χ3v) is 3.44. The van der Waals surface area contributed by atoms with Crippen LogP contribution in [0.3, 0.4) is 0 Å². The molecular formula is C10H24OSi. The van der Waals surface area contributed by atoms with Crippen LogP contribution >= 0.6 is 0 Å². The van der Waals surface area contributed by atoms with E-state index in [1.165, 1.54) is 12.8 Å². The first-order chi connectivity index (χ1) is 5.67. The zero-order valence-corrected chi connectivity index (χ0v) is 11.3. The van der Waals surface area contributed by atoms with Crippen molar-refractivity contribution < 1.29 is 4.43 Å². The molecule has 12 heavy (non-hydrogen) atoms. The van der Waals surface area contributed by atoms with Crippen molar-refractivity contribution in [1.29, 1.82) is 0 Å².